The van der Waals surface area contributed by atoms with Gasteiger partial charge in [0.05, 0.1) is 6.04 Å². The first kappa shape index (κ1) is 16.2. The van der Waals surface area contributed by atoms with Crippen molar-refractivity contribution < 1.29 is 9.82 Å². The highest BCUT2D eigenvalue weighted by Gasteiger charge is 2.60. The monoisotopic (exact) mass is 338 g/mol. The van der Waals surface area contributed by atoms with E-state index in [1.807, 2.05) is 4.90 Å². The van der Waals surface area contributed by atoms with Gasteiger partial charge in [-0.25, -0.2) is 0 Å². The molecule has 4 atom stereocenters. The van der Waals surface area contributed by atoms with Gasteiger partial charge >= 0.3 is 6.92 Å². The molecule has 3 N–H and O–H groups in total. The Hall–Kier alpha value is -0.255. The Kier molecular flexibility index (Phi) is 3.79. The second-order valence-corrected chi connectivity index (χ2v) is 9.74. The van der Waals surface area contributed by atoms with Crippen molar-refractivity contribution in [3.05, 3.63) is 0 Å². The quantitative estimate of drug-likeness (QED) is 0.611. The highest BCUT2D eigenvalue weighted by Crippen LogP contribution is 2.64. The first-order valence-electron chi connectivity index (χ1n) is 9.25. The lowest BCUT2D eigenvalue weighted by molar-refractivity contribution is -0.141. The van der Waals surface area contributed by atoms with Gasteiger partial charge in [0.2, 0.25) is 5.91 Å². The Balaban J connectivity index is 1.57. The van der Waals surface area contributed by atoms with Gasteiger partial charge < -0.3 is 15.7 Å². The van der Waals surface area contributed by atoms with Crippen LogP contribution in [0.2, 0.25) is 6.82 Å². The van der Waals surface area contributed by atoms with Crippen LogP contribution < -0.4 is 5.73 Å². The minimum absolute atomic E-state index is 0.0515. The van der Waals surface area contributed by atoms with Crippen LogP contribution >= 0.6 is 11.6 Å². The van der Waals surface area contributed by atoms with Crippen molar-refractivity contribution >= 4 is 24.4 Å². The molecule has 4 saturated carbocycles. The normalized spacial score (nSPS) is 46.3. The molecule has 23 heavy (non-hydrogen) atoms. The molecule has 5 rings (SSSR count). The molecule has 4 aliphatic carbocycles. The van der Waals surface area contributed by atoms with Crippen molar-refractivity contribution in [2.45, 2.75) is 75.0 Å². The highest BCUT2D eigenvalue weighted by atomic mass is 35.5. The largest absolute Gasteiger partial charge is 0.449 e. The van der Waals surface area contributed by atoms with Crippen LogP contribution in [0, 0.1) is 17.3 Å². The third-order valence-electron chi connectivity index (χ3n) is 7.10. The predicted octanol–water partition coefficient (Wildman–Crippen LogP) is 2.04. The third-order valence-corrected chi connectivity index (χ3v) is 7.54. The van der Waals surface area contributed by atoms with Gasteiger partial charge in [-0.05, 0) is 68.6 Å². The second-order valence-electron chi connectivity index (χ2n) is 8.93. The summed E-state index contributed by atoms with van der Waals surface area (Å²) in [4.78, 5) is 14.9. The van der Waals surface area contributed by atoms with Crippen LogP contribution in [0.1, 0.15) is 51.4 Å². The Bertz CT molecular complexity index is 501. The van der Waals surface area contributed by atoms with Crippen LogP contribution in [-0.2, 0) is 4.79 Å². The molecule has 5 aliphatic rings. The molecular formula is C17H28BClN2O2. The lowest BCUT2D eigenvalue weighted by Crippen LogP contribution is -2.64. The number of halogens is 1. The highest BCUT2D eigenvalue weighted by molar-refractivity contribution is 6.51. The van der Waals surface area contributed by atoms with Gasteiger partial charge in [0.15, 0.2) is 0 Å². The first-order chi connectivity index (χ1) is 10.8. The lowest BCUT2D eigenvalue weighted by Gasteiger charge is -2.61. The molecule has 1 aliphatic heterocycles. The molecule has 6 heteroatoms. The van der Waals surface area contributed by atoms with Crippen LogP contribution in [0.25, 0.3) is 0 Å². The molecule has 4 nitrogen and oxygen atoms in total. The third kappa shape index (κ3) is 2.54. The van der Waals surface area contributed by atoms with Gasteiger partial charge in [0, 0.05) is 17.4 Å². The zero-order chi connectivity index (χ0) is 16.4. The minimum atomic E-state index is -0.482. The lowest BCUT2D eigenvalue weighted by atomic mass is 9.47. The maximum atomic E-state index is 13.1. The molecule has 1 heterocycles. The number of hydrogen-bond acceptors (Lipinski definition) is 3. The molecule has 0 spiro atoms. The van der Waals surface area contributed by atoms with E-state index in [2.05, 4.69) is 0 Å². The van der Waals surface area contributed by atoms with E-state index in [-0.39, 0.29) is 22.1 Å². The van der Waals surface area contributed by atoms with Crippen molar-refractivity contribution in [1.82, 2.24) is 4.90 Å². The predicted molar refractivity (Wildman–Crippen MR) is 92.2 cm³/mol. The van der Waals surface area contributed by atoms with Gasteiger partial charge in [-0.2, -0.15) is 0 Å². The Morgan fingerprint density at radius 3 is 2.57 bits per heavy atom. The van der Waals surface area contributed by atoms with E-state index in [9.17, 15) is 9.82 Å². The van der Waals surface area contributed by atoms with Gasteiger partial charge in [0.1, 0.15) is 0 Å². The standard InChI is InChI=1S/C17H28BClN2O2/c1-18(23)13-3-2-4-21(13)15(22)14(20)16-6-11-5-12(7-16)9-17(19,8-11)10-16/h11-14,23H,2-10,20H2,1H3/t11?,12?,13-,14+,16?,17?/m0/s1. The van der Waals surface area contributed by atoms with E-state index in [1.54, 1.807) is 6.82 Å². The smallest absolute Gasteiger partial charge is 0.309 e. The minimum Gasteiger partial charge on any atom is -0.449 e. The summed E-state index contributed by atoms with van der Waals surface area (Å²) in [5, 5.41) is 9.97. The molecule has 1 amide bonds. The van der Waals surface area contributed by atoms with Crippen molar-refractivity contribution in [1.29, 1.82) is 0 Å². The van der Waals surface area contributed by atoms with E-state index in [4.69, 9.17) is 17.3 Å². The zero-order valence-corrected chi connectivity index (χ0v) is 14.8. The molecule has 0 radical (unpaired) electrons. The van der Waals surface area contributed by atoms with E-state index in [1.165, 1.54) is 6.42 Å². The number of amides is 1. The topological polar surface area (TPSA) is 66.6 Å². The fraction of sp³-hybridized carbons (Fsp3) is 0.941. The molecule has 4 bridgehead atoms. The maximum Gasteiger partial charge on any atom is 0.309 e. The van der Waals surface area contributed by atoms with Gasteiger partial charge in [-0.1, -0.05) is 6.82 Å². The number of hydrogen-bond donors (Lipinski definition) is 2. The SMILES string of the molecule is CB(O)[C@@H]1CCCN1C(=O)[C@@H](N)C12CC3CC(CC(Cl)(C3)C1)C2. The number of alkyl halides is 1. The van der Waals surface area contributed by atoms with Crippen LogP contribution in [0.4, 0.5) is 0 Å². The summed E-state index contributed by atoms with van der Waals surface area (Å²) in [6, 6.07) is -0.453. The molecule has 1 saturated heterocycles. The van der Waals surface area contributed by atoms with Crippen molar-refractivity contribution in [3.63, 3.8) is 0 Å². The number of carbonyl (C=O) groups is 1. The summed E-state index contributed by atoms with van der Waals surface area (Å²) in [6.45, 7) is 2.03. The van der Waals surface area contributed by atoms with E-state index < -0.39 is 13.0 Å². The zero-order valence-electron chi connectivity index (χ0n) is 14.0. The summed E-state index contributed by atoms with van der Waals surface area (Å²) < 4.78 is 0. The summed E-state index contributed by atoms with van der Waals surface area (Å²) in [5.41, 5.74) is 6.48. The summed E-state index contributed by atoms with van der Waals surface area (Å²) in [6.07, 6.45) is 8.36. The number of nitrogens with two attached hydrogens (primary N) is 1. The van der Waals surface area contributed by atoms with E-state index in [0.717, 1.165) is 51.5 Å². The Morgan fingerprint density at radius 1 is 1.35 bits per heavy atom. The average molecular weight is 339 g/mol. The van der Waals surface area contributed by atoms with E-state index in [0.29, 0.717) is 11.8 Å². The first-order valence-corrected chi connectivity index (χ1v) is 9.63. The average Bonchev–Trinajstić information content (AvgIpc) is 2.92. The second kappa shape index (κ2) is 5.37. The van der Waals surface area contributed by atoms with Crippen LogP contribution in [0.3, 0.4) is 0 Å². The fourth-order valence-electron chi connectivity index (χ4n) is 6.59. The molecule has 2 unspecified atom stereocenters. The summed E-state index contributed by atoms with van der Waals surface area (Å²) in [7, 11) is 0. The van der Waals surface area contributed by atoms with Crippen molar-refractivity contribution in [2.75, 3.05) is 6.54 Å². The number of nitrogens with zero attached hydrogens (tertiary/aromatic N) is 1. The number of rotatable bonds is 3. The van der Waals surface area contributed by atoms with Crippen LogP contribution in [-0.4, -0.2) is 46.1 Å². The molecule has 0 aromatic carbocycles. The maximum absolute atomic E-state index is 13.1. The molecule has 128 valence electrons. The van der Waals surface area contributed by atoms with Gasteiger partial charge in [-0.3, -0.25) is 4.79 Å². The summed E-state index contributed by atoms with van der Waals surface area (Å²) >= 11 is 6.89. The van der Waals surface area contributed by atoms with E-state index >= 15 is 0 Å². The van der Waals surface area contributed by atoms with Crippen LogP contribution in [0.15, 0.2) is 0 Å². The Morgan fingerprint density at radius 2 is 2.00 bits per heavy atom. The van der Waals surface area contributed by atoms with Crippen LogP contribution in [0.5, 0.6) is 0 Å². The molecule has 5 fully saturated rings. The van der Waals surface area contributed by atoms with Crippen molar-refractivity contribution in [3.8, 4) is 0 Å². The van der Waals surface area contributed by atoms with Gasteiger partial charge in [0.25, 0.3) is 0 Å². The summed E-state index contributed by atoms with van der Waals surface area (Å²) in [5.74, 6) is 1.29. The molecular weight excluding hydrogens is 310 g/mol. The fourth-order valence-corrected chi connectivity index (χ4v) is 7.29. The van der Waals surface area contributed by atoms with Gasteiger partial charge in [-0.15, -0.1) is 11.6 Å². The van der Waals surface area contributed by atoms with Crippen molar-refractivity contribution in [2.24, 2.45) is 23.0 Å². The number of carbonyl (C=O) groups excluding carboxylic acids is 1. The Labute approximate surface area is 144 Å². The molecule has 0 aromatic rings. The molecule has 0 aromatic heterocycles. The number of likely N-dealkylation sites (tertiary alicyclic amines) is 1.